The number of amides is 4. The third-order valence-corrected chi connectivity index (χ3v) is 6.89. The molecule has 0 bridgehead atoms. The van der Waals surface area contributed by atoms with Crippen LogP contribution in [0.3, 0.4) is 0 Å². The van der Waals surface area contributed by atoms with Crippen molar-refractivity contribution in [3.63, 3.8) is 0 Å². The number of benzene rings is 1. The highest BCUT2D eigenvalue weighted by atomic mass is 16.2. The summed E-state index contributed by atoms with van der Waals surface area (Å²) in [6, 6.07) is 7.32. The van der Waals surface area contributed by atoms with Gasteiger partial charge in [0.15, 0.2) is 0 Å². The summed E-state index contributed by atoms with van der Waals surface area (Å²) < 4.78 is 0. The summed E-state index contributed by atoms with van der Waals surface area (Å²) in [5.41, 5.74) is 1.00. The predicted molar refractivity (Wildman–Crippen MR) is 118 cm³/mol. The minimum Gasteiger partial charge on any atom is -0.325 e. The Morgan fingerprint density at radius 3 is 2.58 bits per heavy atom. The van der Waals surface area contributed by atoms with Crippen LogP contribution < -0.4 is 10.6 Å². The molecule has 2 saturated heterocycles. The zero-order valence-corrected chi connectivity index (χ0v) is 18.5. The van der Waals surface area contributed by atoms with Gasteiger partial charge in [-0.15, -0.1) is 0 Å². The van der Waals surface area contributed by atoms with Gasteiger partial charge in [0.05, 0.1) is 0 Å². The van der Waals surface area contributed by atoms with Gasteiger partial charge in [-0.3, -0.25) is 19.4 Å². The summed E-state index contributed by atoms with van der Waals surface area (Å²) in [4.78, 5) is 43.8. The number of urea groups is 1. The number of nitrogens with one attached hydrogen (secondary N) is 2. The first-order chi connectivity index (χ1) is 14.8. The molecule has 1 saturated carbocycles. The Labute approximate surface area is 183 Å². The van der Waals surface area contributed by atoms with E-state index >= 15 is 0 Å². The van der Waals surface area contributed by atoms with Crippen molar-refractivity contribution in [3.8, 4) is 0 Å². The molecule has 1 aromatic rings. The average Bonchev–Trinajstić information content (AvgIpc) is 2.96. The van der Waals surface area contributed by atoms with Crippen molar-refractivity contribution in [2.45, 2.75) is 44.7 Å². The maximum atomic E-state index is 12.9. The molecule has 2 N–H and O–H groups in total. The molecule has 8 nitrogen and oxygen atoms in total. The Morgan fingerprint density at radius 2 is 1.87 bits per heavy atom. The van der Waals surface area contributed by atoms with Crippen LogP contribution in [0.2, 0.25) is 0 Å². The molecule has 4 rings (SSSR count). The molecule has 0 aromatic heterocycles. The fourth-order valence-corrected chi connectivity index (χ4v) is 4.77. The van der Waals surface area contributed by atoms with Crippen molar-refractivity contribution in [1.82, 2.24) is 20.0 Å². The number of carbonyl (C=O) groups excluding carboxylic acids is 3. The van der Waals surface area contributed by atoms with Crippen molar-refractivity contribution in [3.05, 3.63) is 29.8 Å². The summed E-state index contributed by atoms with van der Waals surface area (Å²) >= 11 is 0. The van der Waals surface area contributed by atoms with Gasteiger partial charge in [-0.25, -0.2) is 4.79 Å². The van der Waals surface area contributed by atoms with Gasteiger partial charge in [-0.1, -0.05) is 19.1 Å². The highest BCUT2D eigenvalue weighted by molar-refractivity contribution is 6.10. The van der Waals surface area contributed by atoms with Crippen LogP contribution in [-0.2, 0) is 16.1 Å². The SMILES string of the molecule is CC1CCC2(CC1)NC(=O)N(CC(=O)Nc1cccc(CN3CCN(C)CC3)c1)C2=O. The molecule has 3 fully saturated rings. The highest BCUT2D eigenvalue weighted by Gasteiger charge is 2.52. The van der Waals surface area contributed by atoms with Gasteiger partial charge in [-0.05, 0) is 56.3 Å². The van der Waals surface area contributed by atoms with Gasteiger partial charge < -0.3 is 15.5 Å². The van der Waals surface area contributed by atoms with E-state index in [1.54, 1.807) is 0 Å². The second-order valence-electron chi connectivity index (χ2n) is 9.41. The quantitative estimate of drug-likeness (QED) is 0.701. The first-order valence-electron chi connectivity index (χ1n) is 11.3. The van der Waals surface area contributed by atoms with Crippen LogP contribution in [-0.4, -0.2) is 77.9 Å². The van der Waals surface area contributed by atoms with E-state index in [4.69, 9.17) is 0 Å². The van der Waals surface area contributed by atoms with E-state index < -0.39 is 11.6 Å². The fourth-order valence-electron chi connectivity index (χ4n) is 4.77. The molecule has 0 atom stereocenters. The molecule has 3 aliphatic rings. The molecule has 8 heteroatoms. The lowest BCUT2D eigenvalue weighted by atomic mass is 9.77. The van der Waals surface area contributed by atoms with E-state index in [0.29, 0.717) is 24.4 Å². The average molecular weight is 428 g/mol. The number of nitrogens with zero attached hydrogens (tertiary/aromatic N) is 3. The molecule has 1 aromatic carbocycles. The van der Waals surface area contributed by atoms with Crippen LogP contribution in [0.25, 0.3) is 0 Å². The van der Waals surface area contributed by atoms with E-state index in [1.165, 1.54) is 0 Å². The summed E-state index contributed by atoms with van der Waals surface area (Å²) in [7, 11) is 2.13. The molecule has 1 aliphatic carbocycles. The van der Waals surface area contributed by atoms with Crippen molar-refractivity contribution < 1.29 is 14.4 Å². The minimum absolute atomic E-state index is 0.259. The summed E-state index contributed by atoms with van der Waals surface area (Å²) in [6.45, 7) is 6.92. The van der Waals surface area contributed by atoms with E-state index in [9.17, 15) is 14.4 Å². The maximum absolute atomic E-state index is 12.9. The van der Waals surface area contributed by atoms with Crippen LogP contribution in [0, 0.1) is 5.92 Å². The van der Waals surface area contributed by atoms with Crippen molar-refractivity contribution >= 4 is 23.5 Å². The Morgan fingerprint density at radius 1 is 1.16 bits per heavy atom. The summed E-state index contributed by atoms with van der Waals surface area (Å²) in [6.07, 6.45) is 3.11. The van der Waals surface area contributed by atoms with Crippen LogP contribution >= 0.6 is 0 Å². The van der Waals surface area contributed by atoms with Gasteiger partial charge in [-0.2, -0.15) is 0 Å². The first-order valence-corrected chi connectivity index (χ1v) is 11.3. The third kappa shape index (κ3) is 4.91. The molecular weight excluding hydrogens is 394 g/mol. The molecule has 0 radical (unpaired) electrons. The molecule has 31 heavy (non-hydrogen) atoms. The molecule has 4 amide bonds. The predicted octanol–water partition coefficient (Wildman–Crippen LogP) is 1.87. The highest BCUT2D eigenvalue weighted by Crippen LogP contribution is 2.36. The third-order valence-electron chi connectivity index (χ3n) is 6.89. The summed E-state index contributed by atoms with van der Waals surface area (Å²) in [5, 5.41) is 5.72. The lowest BCUT2D eigenvalue weighted by Gasteiger charge is -2.33. The van der Waals surface area contributed by atoms with Gasteiger partial charge in [0, 0.05) is 38.4 Å². The molecule has 1 spiro atoms. The van der Waals surface area contributed by atoms with Gasteiger partial charge in [0.2, 0.25) is 5.91 Å². The van der Waals surface area contributed by atoms with Crippen molar-refractivity contribution in [2.24, 2.45) is 5.92 Å². The lowest BCUT2D eigenvalue weighted by molar-refractivity contribution is -0.135. The number of imide groups is 1. The largest absolute Gasteiger partial charge is 0.325 e. The van der Waals surface area contributed by atoms with E-state index in [1.807, 2.05) is 18.2 Å². The molecule has 0 unspecified atom stereocenters. The number of rotatable bonds is 5. The zero-order valence-electron chi connectivity index (χ0n) is 18.5. The maximum Gasteiger partial charge on any atom is 0.325 e. The number of hydrogen-bond acceptors (Lipinski definition) is 5. The topological polar surface area (TPSA) is 85.0 Å². The van der Waals surface area contributed by atoms with Crippen LogP contribution in [0.4, 0.5) is 10.5 Å². The van der Waals surface area contributed by atoms with Crippen LogP contribution in [0.15, 0.2) is 24.3 Å². The number of piperazine rings is 1. The van der Waals surface area contributed by atoms with Crippen molar-refractivity contribution in [2.75, 3.05) is 45.1 Å². The second kappa shape index (κ2) is 8.96. The van der Waals surface area contributed by atoms with E-state index in [2.05, 4.69) is 40.5 Å². The zero-order chi connectivity index (χ0) is 22.0. The number of likely N-dealkylation sites (N-methyl/N-ethyl adjacent to an activating group) is 1. The van der Waals surface area contributed by atoms with Gasteiger partial charge >= 0.3 is 6.03 Å². The van der Waals surface area contributed by atoms with Crippen molar-refractivity contribution in [1.29, 1.82) is 0 Å². The molecule has 2 aliphatic heterocycles. The Bertz CT molecular complexity index is 841. The molecule has 168 valence electrons. The Balaban J connectivity index is 1.33. The van der Waals surface area contributed by atoms with Crippen LogP contribution in [0.1, 0.15) is 38.2 Å². The number of anilines is 1. The van der Waals surface area contributed by atoms with Crippen LogP contribution in [0.5, 0.6) is 0 Å². The number of carbonyl (C=O) groups is 3. The molecule has 2 heterocycles. The normalized spacial score (nSPS) is 27.5. The standard InChI is InChI=1S/C23H33N5O3/c1-17-6-8-23(9-7-17)21(30)28(22(31)25-23)16-20(29)24-19-5-3-4-18(14-19)15-27-12-10-26(2)11-13-27/h3-5,14,17H,6-13,15-16H2,1-2H3,(H,24,29)(H,25,31). The molecular formula is C23H33N5O3. The Hall–Kier alpha value is -2.45. The first kappa shape index (κ1) is 21.8. The van der Waals surface area contributed by atoms with E-state index in [-0.39, 0.29) is 18.4 Å². The monoisotopic (exact) mass is 427 g/mol. The minimum atomic E-state index is -0.813. The Kier molecular flexibility index (Phi) is 6.29. The second-order valence-corrected chi connectivity index (χ2v) is 9.41. The summed E-state index contributed by atoms with van der Waals surface area (Å²) in [5.74, 6) is -0.0596. The van der Waals surface area contributed by atoms with Gasteiger partial charge in [0.25, 0.3) is 5.91 Å². The van der Waals surface area contributed by atoms with Gasteiger partial charge in [0.1, 0.15) is 12.1 Å². The fraction of sp³-hybridized carbons (Fsp3) is 0.609. The number of hydrogen-bond donors (Lipinski definition) is 2. The lowest BCUT2D eigenvalue weighted by Crippen LogP contribution is -2.49. The smallest absolute Gasteiger partial charge is 0.325 e. The van der Waals surface area contributed by atoms with E-state index in [0.717, 1.165) is 56.0 Å².